The van der Waals surface area contributed by atoms with E-state index in [2.05, 4.69) is 12.6 Å². The largest absolute Gasteiger partial charge is 0.279 e. The topological polar surface area (TPSA) is 15.5 Å². The number of rotatable bonds is 2. The summed E-state index contributed by atoms with van der Waals surface area (Å²) >= 11 is 3.98. The fourth-order valence-electron chi connectivity index (χ4n) is 0.281. The molecule has 0 aliphatic carbocycles. The third-order valence-corrected chi connectivity index (χ3v) is 0.861. The van der Waals surface area contributed by atoms with Gasteiger partial charge in [0.1, 0.15) is 6.73 Å². The molecule has 1 rings (SSSR count). The van der Waals surface area contributed by atoms with E-state index in [4.69, 9.17) is 4.84 Å². The average Bonchev–Trinajstić information content (AvgIpc) is 2.21. The molecule has 0 amide bonds. The van der Waals surface area contributed by atoms with E-state index in [-0.39, 0.29) is 0 Å². The van der Waals surface area contributed by atoms with Crippen LogP contribution < -0.4 is 0 Å². The molecule has 3 heteroatoms. The molecular formula is C3H7NOS. The van der Waals surface area contributed by atoms with Crippen molar-refractivity contribution in [3.63, 3.8) is 0 Å². The van der Waals surface area contributed by atoms with E-state index >= 15 is 0 Å². The Balaban J connectivity index is 1.88. The molecule has 1 heterocycles. The van der Waals surface area contributed by atoms with Gasteiger partial charge in [-0.05, 0) is 0 Å². The molecule has 1 saturated heterocycles. The Bertz CT molecular complexity index is 46.1. The Kier molecular flexibility index (Phi) is 1.34. The second-order valence-corrected chi connectivity index (χ2v) is 1.63. The summed E-state index contributed by atoms with van der Waals surface area (Å²) < 4.78 is 0. The van der Waals surface area contributed by atoms with Crippen molar-refractivity contribution < 1.29 is 4.84 Å². The summed E-state index contributed by atoms with van der Waals surface area (Å²) in [6.45, 7) is 1.77. The van der Waals surface area contributed by atoms with Crippen LogP contribution in [0, 0.1) is 0 Å². The van der Waals surface area contributed by atoms with Crippen LogP contribution in [0.3, 0.4) is 0 Å². The number of thiol groups is 1. The van der Waals surface area contributed by atoms with Crippen LogP contribution in [0.2, 0.25) is 0 Å². The third kappa shape index (κ3) is 1.16. The van der Waals surface area contributed by atoms with Crippen LogP contribution in [-0.2, 0) is 4.84 Å². The summed E-state index contributed by atoms with van der Waals surface area (Å²) in [5, 5.41) is 1.85. The number of hydrogen-bond donors (Lipinski definition) is 1. The first-order valence-electron chi connectivity index (χ1n) is 1.92. The van der Waals surface area contributed by atoms with Crippen LogP contribution in [-0.4, -0.2) is 24.1 Å². The number of hydrogen-bond acceptors (Lipinski definition) is 3. The second-order valence-electron chi connectivity index (χ2n) is 1.19. The van der Waals surface area contributed by atoms with Crippen molar-refractivity contribution in [2.45, 2.75) is 0 Å². The lowest BCUT2D eigenvalue weighted by Crippen LogP contribution is -1.97. The first-order valence-corrected chi connectivity index (χ1v) is 2.55. The third-order valence-electron chi connectivity index (χ3n) is 0.661. The maximum absolute atomic E-state index is 4.73. The van der Waals surface area contributed by atoms with E-state index in [1.807, 2.05) is 5.06 Å². The lowest BCUT2D eigenvalue weighted by atomic mass is 10.8. The Labute approximate surface area is 42.4 Å². The molecule has 0 N–H and O–H groups in total. The van der Waals surface area contributed by atoms with Gasteiger partial charge in [0.2, 0.25) is 0 Å². The summed E-state index contributed by atoms with van der Waals surface area (Å²) in [5.74, 6) is 0.889. The van der Waals surface area contributed by atoms with E-state index in [0.29, 0.717) is 0 Å². The molecule has 36 valence electrons. The molecule has 1 fully saturated rings. The predicted octanol–water partition coefficient (Wildman–Crippen LogP) is 0.121. The lowest BCUT2D eigenvalue weighted by molar-refractivity contribution is 0.211. The van der Waals surface area contributed by atoms with Crippen LogP contribution in [0.1, 0.15) is 0 Å². The molecule has 0 bridgehead atoms. The monoisotopic (exact) mass is 105 g/mol. The fourth-order valence-corrected chi connectivity index (χ4v) is 0.505. The van der Waals surface area contributed by atoms with Crippen molar-refractivity contribution in [2.24, 2.45) is 0 Å². The Morgan fingerprint density at radius 3 is 2.67 bits per heavy atom. The number of nitrogens with zero attached hydrogens (tertiary/aromatic N) is 1. The Morgan fingerprint density at radius 2 is 2.50 bits per heavy atom. The molecule has 0 aromatic carbocycles. The minimum Gasteiger partial charge on any atom is -0.279 e. The summed E-state index contributed by atoms with van der Waals surface area (Å²) in [4.78, 5) is 4.73. The first kappa shape index (κ1) is 4.43. The van der Waals surface area contributed by atoms with Crippen molar-refractivity contribution in [2.75, 3.05) is 19.0 Å². The number of hydroxylamine groups is 2. The summed E-state index contributed by atoms with van der Waals surface area (Å²) in [5.41, 5.74) is 0. The lowest BCUT2D eigenvalue weighted by Gasteiger charge is -1.84. The van der Waals surface area contributed by atoms with Gasteiger partial charge in [0.05, 0.1) is 0 Å². The van der Waals surface area contributed by atoms with Gasteiger partial charge in [0, 0.05) is 12.3 Å². The second kappa shape index (κ2) is 1.82. The molecule has 0 spiro atoms. The maximum Gasteiger partial charge on any atom is 0.144 e. The molecule has 0 aromatic rings. The molecule has 1 unspecified atom stereocenters. The van der Waals surface area contributed by atoms with Gasteiger partial charge in [-0.3, -0.25) is 4.84 Å². The molecule has 2 nitrogen and oxygen atoms in total. The highest BCUT2D eigenvalue weighted by Crippen LogP contribution is 2.03. The molecule has 0 aromatic heterocycles. The molecule has 1 aliphatic rings. The van der Waals surface area contributed by atoms with Gasteiger partial charge in [-0.15, -0.1) is 0 Å². The van der Waals surface area contributed by atoms with Crippen LogP contribution in [0.15, 0.2) is 0 Å². The van der Waals surface area contributed by atoms with Gasteiger partial charge >= 0.3 is 0 Å². The fraction of sp³-hybridized carbons (Fsp3) is 1.00. The van der Waals surface area contributed by atoms with Gasteiger partial charge < -0.3 is 0 Å². The predicted molar refractivity (Wildman–Crippen MR) is 26.5 cm³/mol. The highest BCUT2D eigenvalue weighted by molar-refractivity contribution is 7.80. The van der Waals surface area contributed by atoms with E-state index in [0.717, 1.165) is 19.0 Å². The van der Waals surface area contributed by atoms with E-state index < -0.39 is 0 Å². The van der Waals surface area contributed by atoms with Crippen LogP contribution in [0.25, 0.3) is 0 Å². The molecule has 6 heavy (non-hydrogen) atoms. The van der Waals surface area contributed by atoms with Crippen molar-refractivity contribution in [1.29, 1.82) is 0 Å². The van der Waals surface area contributed by atoms with Crippen molar-refractivity contribution in [3.05, 3.63) is 0 Å². The molecular weight excluding hydrogens is 98.1 g/mol. The minimum absolute atomic E-state index is 0.806. The summed E-state index contributed by atoms with van der Waals surface area (Å²) in [6, 6.07) is 0. The smallest absolute Gasteiger partial charge is 0.144 e. The van der Waals surface area contributed by atoms with Crippen LogP contribution >= 0.6 is 12.6 Å². The molecule has 0 saturated carbocycles. The standard InChI is InChI=1S/C3H7NOS/c6-2-1-4-3-5-4/h6H,1-3H2. The Hall–Kier alpha value is 0.270. The molecule has 1 aliphatic heterocycles. The van der Waals surface area contributed by atoms with Gasteiger partial charge in [-0.1, -0.05) is 0 Å². The van der Waals surface area contributed by atoms with Gasteiger partial charge in [0.25, 0.3) is 0 Å². The normalized spacial score (nSPS) is 30.5. The molecule has 0 radical (unpaired) electrons. The van der Waals surface area contributed by atoms with Crippen molar-refractivity contribution >= 4 is 12.6 Å². The SMILES string of the molecule is SCCN1CO1. The van der Waals surface area contributed by atoms with E-state index in [9.17, 15) is 0 Å². The van der Waals surface area contributed by atoms with E-state index in [1.165, 1.54) is 0 Å². The van der Waals surface area contributed by atoms with Crippen LogP contribution in [0.5, 0.6) is 0 Å². The minimum atomic E-state index is 0.806. The van der Waals surface area contributed by atoms with Gasteiger partial charge in [-0.25, -0.2) is 0 Å². The van der Waals surface area contributed by atoms with Crippen LogP contribution in [0.4, 0.5) is 0 Å². The quantitative estimate of drug-likeness (QED) is 0.396. The average molecular weight is 105 g/mol. The Morgan fingerprint density at radius 1 is 1.83 bits per heavy atom. The highest BCUT2D eigenvalue weighted by Gasteiger charge is 2.15. The zero-order valence-electron chi connectivity index (χ0n) is 3.42. The highest BCUT2D eigenvalue weighted by atomic mass is 32.1. The first-order chi connectivity index (χ1) is 2.93. The maximum atomic E-state index is 4.73. The van der Waals surface area contributed by atoms with Crippen molar-refractivity contribution in [1.82, 2.24) is 5.06 Å². The summed E-state index contributed by atoms with van der Waals surface area (Å²) in [6.07, 6.45) is 0. The van der Waals surface area contributed by atoms with E-state index in [1.54, 1.807) is 0 Å². The van der Waals surface area contributed by atoms with Gasteiger partial charge in [0.15, 0.2) is 0 Å². The van der Waals surface area contributed by atoms with Crippen molar-refractivity contribution in [3.8, 4) is 0 Å². The van der Waals surface area contributed by atoms with Gasteiger partial charge in [-0.2, -0.15) is 17.7 Å². The zero-order valence-corrected chi connectivity index (χ0v) is 4.32. The molecule has 1 atom stereocenters. The summed E-state index contributed by atoms with van der Waals surface area (Å²) in [7, 11) is 0. The zero-order chi connectivity index (χ0) is 4.41.